The minimum absolute atomic E-state index is 0.0873. The van der Waals surface area contributed by atoms with Crippen LogP contribution in [-0.2, 0) is 11.2 Å². The molecule has 2 rings (SSSR count). The molecule has 0 unspecified atom stereocenters. The lowest BCUT2D eigenvalue weighted by Gasteiger charge is -2.36. The van der Waals surface area contributed by atoms with Crippen LogP contribution in [0.3, 0.4) is 0 Å². The lowest BCUT2D eigenvalue weighted by Crippen LogP contribution is -2.43. The van der Waals surface area contributed by atoms with E-state index in [1.54, 1.807) is 7.05 Å². The standard InChI is InChI=1S/C16H21N3O/c1-18-15(20)5-2-4-13-6-8-14(9-7-13)19-16(12-17)10-3-11-16/h6-9,19H,2-5,10-11H2,1H3,(H,18,20). The number of hydrogen-bond acceptors (Lipinski definition) is 3. The van der Waals surface area contributed by atoms with Crippen LogP contribution in [0.2, 0.25) is 0 Å². The maximum absolute atomic E-state index is 11.1. The summed E-state index contributed by atoms with van der Waals surface area (Å²) in [6.07, 6.45) is 5.30. The molecule has 1 aromatic rings. The maximum atomic E-state index is 11.1. The molecule has 1 fully saturated rings. The van der Waals surface area contributed by atoms with E-state index in [2.05, 4.69) is 28.8 Å². The van der Waals surface area contributed by atoms with Crippen molar-refractivity contribution in [2.45, 2.75) is 44.1 Å². The van der Waals surface area contributed by atoms with Gasteiger partial charge in [-0.3, -0.25) is 4.79 Å². The van der Waals surface area contributed by atoms with Crippen molar-refractivity contribution in [1.29, 1.82) is 5.26 Å². The summed E-state index contributed by atoms with van der Waals surface area (Å²) in [5, 5.41) is 15.1. The van der Waals surface area contributed by atoms with E-state index in [4.69, 9.17) is 0 Å². The molecule has 0 bridgehead atoms. The van der Waals surface area contributed by atoms with Crippen LogP contribution >= 0.6 is 0 Å². The lowest BCUT2D eigenvalue weighted by molar-refractivity contribution is -0.120. The molecule has 106 valence electrons. The van der Waals surface area contributed by atoms with E-state index < -0.39 is 0 Å². The number of carbonyl (C=O) groups is 1. The number of anilines is 1. The van der Waals surface area contributed by atoms with Gasteiger partial charge in [-0.05, 0) is 49.8 Å². The van der Waals surface area contributed by atoms with Gasteiger partial charge < -0.3 is 10.6 Å². The van der Waals surface area contributed by atoms with Gasteiger partial charge in [0.05, 0.1) is 6.07 Å². The summed E-state index contributed by atoms with van der Waals surface area (Å²) in [4.78, 5) is 11.1. The van der Waals surface area contributed by atoms with E-state index in [0.717, 1.165) is 37.8 Å². The molecule has 20 heavy (non-hydrogen) atoms. The van der Waals surface area contributed by atoms with Crippen molar-refractivity contribution < 1.29 is 4.79 Å². The Balaban J connectivity index is 1.84. The number of carbonyl (C=O) groups excluding carboxylic acids is 1. The third-order valence-corrected chi connectivity index (χ3v) is 3.91. The first-order valence-corrected chi connectivity index (χ1v) is 7.16. The third kappa shape index (κ3) is 3.51. The van der Waals surface area contributed by atoms with Crippen molar-refractivity contribution in [1.82, 2.24) is 5.32 Å². The first kappa shape index (κ1) is 14.4. The average Bonchev–Trinajstić information content (AvgIpc) is 2.44. The zero-order valence-corrected chi connectivity index (χ0v) is 11.9. The van der Waals surface area contributed by atoms with Gasteiger partial charge >= 0.3 is 0 Å². The first-order valence-electron chi connectivity index (χ1n) is 7.16. The molecule has 1 saturated carbocycles. The van der Waals surface area contributed by atoms with Gasteiger partial charge in [-0.1, -0.05) is 12.1 Å². The maximum Gasteiger partial charge on any atom is 0.219 e. The number of aryl methyl sites for hydroxylation is 1. The highest BCUT2D eigenvalue weighted by Gasteiger charge is 2.36. The molecule has 4 nitrogen and oxygen atoms in total. The van der Waals surface area contributed by atoms with Crippen molar-refractivity contribution in [2.75, 3.05) is 12.4 Å². The third-order valence-electron chi connectivity index (χ3n) is 3.91. The summed E-state index contributed by atoms with van der Waals surface area (Å²) in [6, 6.07) is 10.5. The highest BCUT2D eigenvalue weighted by Crippen LogP contribution is 2.34. The average molecular weight is 271 g/mol. The van der Waals surface area contributed by atoms with Gasteiger partial charge in [-0.25, -0.2) is 0 Å². The fourth-order valence-corrected chi connectivity index (χ4v) is 2.40. The predicted octanol–water partition coefficient (Wildman–Crippen LogP) is 2.61. The zero-order chi connectivity index (χ0) is 14.4. The van der Waals surface area contributed by atoms with Crippen LogP contribution < -0.4 is 10.6 Å². The summed E-state index contributed by atoms with van der Waals surface area (Å²) in [7, 11) is 1.66. The van der Waals surface area contributed by atoms with Crippen molar-refractivity contribution >= 4 is 11.6 Å². The molecular weight excluding hydrogens is 250 g/mol. The molecule has 0 saturated heterocycles. The molecule has 1 aliphatic carbocycles. The van der Waals surface area contributed by atoms with Crippen LogP contribution in [-0.4, -0.2) is 18.5 Å². The van der Waals surface area contributed by atoms with Crippen LogP contribution in [0.4, 0.5) is 5.69 Å². The molecule has 0 spiro atoms. The lowest BCUT2D eigenvalue weighted by atomic mass is 9.78. The Hall–Kier alpha value is -2.02. The van der Waals surface area contributed by atoms with Gasteiger partial charge in [0.2, 0.25) is 5.91 Å². The Morgan fingerprint density at radius 2 is 2.05 bits per heavy atom. The summed E-state index contributed by atoms with van der Waals surface area (Å²) in [5.41, 5.74) is 1.88. The SMILES string of the molecule is CNC(=O)CCCc1ccc(NC2(C#N)CCC2)cc1. The van der Waals surface area contributed by atoms with E-state index in [9.17, 15) is 10.1 Å². The quantitative estimate of drug-likeness (QED) is 0.836. The number of nitriles is 1. The molecule has 1 aliphatic rings. The molecule has 1 aromatic carbocycles. The number of amides is 1. The van der Waals surface area contributed by atoms with E-state index in [1.165, 1.54) is 5.56 Å². The Labute approximate surface area is 120 Å². The number of rotatable bonds is 6. The van der Waals surface area contributed by atoms with E-state index >= 15 is 0 Å². The Morgan fingerprint density at radius 3 is 2.55 bits per heavy atom. The fraction of sp³-hybridized carbons (Fsp3) is 0.500. The number of nitrogens with one attached hydrogen (secondary N) is 2. The molecule has 0 aliphatic heterocycles. The first-order chi connectivity index (χ1) is 9.67. The Bertz CT molecular complexity index is 497. The monoisotopic (exact) mass is 271 g/mol. The Kier molecular flexibility index (Phi) is 4.62. The minimum Gasteiger partial charge on any atom is -0.367 e. The van der Waals surface area contributed by atoms with Gasteiger partial charge in [0, 0.05) is 19.2 Å². The summed E-state index contributed by atoms with van der Waals surface area (Å²) < 4.78 is 0. The van der Waals surface area contributed by atoms with Gasteiger partial charge in [0.15, 0.2) is 0 Å². The van der Waals surface area contributed by atoms with E-state index in [0.29, 0.717) is 6.42 Å². The normalized spacial score (nSPS) is 15.8. The zero-order valence-electron chi connectivity index (χ0n) is 11.9. The van der Waals surface area contributed by atoms with Gasteiger partial charge in [0.25, 0.3) is 0 Å². The summed E-state index contributed by atoms with van der Waals surface area (Å²) in [6.45, 7) is 0. The fourth-order valence-electron chi connectivity index (χ4n) is 2.40. The largest absolute Gasteiger partial charge is 0.367 e. The predicted molar refractivity (Wildman–Crippen MR) is 79.3 cm³/mol. The Morgan fingerprint density at radius 1 is 1.35 bits per heavy atom. The van der Waals surface area contributed by atoms with Crippen LogP contribution in [0, 0.1) is 11.3 Å². The van der Waals surface area contributed by atoms with Crippen LogP contribution in [0.15, 0.2) is 24.3 Å². The summed E-state index contributed by atoms with van der Waals surface area (Å²) >= 11 is 0. The molecular formula is C16H21N3O. The molecule has 0 aromatic heterocycles. The molecule has 2 N–H and O–H groups in total. The van der Waals surface area contributed by atoms with Crippen molar-refractivity contribution in [2.24, 2.45) is 0 Å². The highest BCUT2D eigenvalue weighted by molar-refractivity contribution is 5.75. The molecule has 0 heterocycles. The van der Waals surface area contributed by atoms with Crippen LogP contribution in [0.25, 0.3) is 0 Å². The molecule has 0 radical (unpaired) electrons. The second-order valence-corrected chi connectivity index (χ2v) is 5.40. The van der Waals surface area contributed by atoms with Crippen molar-refractivity contribution in [3.05, 3.63) is 29.8 Å². The smallest absolute Gasteiger partial charge is 0.219 e. The second-order valence-electron chi connectivity index (χ2n) is 5.40. The van der Waals surface area contributed by atoms with E-state index in [1.807, 2.05) is 12.1 Å². The molecule has 1 amide bonds. The minimum atomic E-state index is -0.346. The molecule has 0 atom stereocenters. The summed E-state index contributed by atoms with van der Waals surface area (Å²) in [5.74, 6) is 0.0873. The van der Waals surface area contributed by atoms with Crippen molar-refractivity contribution in [3.63, 3.8) is 0 Å². The van der Waals surface area contributed by atoms with E-state index in [-0.39, 0.29) is 11.4 Å². The topological polar surface area (TPSA) is 64.9 Å². The second kappa shape index (κ2) is 6.42. The highest BCUT2D eigenvalue weighted by atomic mass is 16.1. The number of benzene rings is 1. The van der Waals surface area contributed by atoms with Gasteiger partial charge in [-0.2, -0.15) is 5.26 Å². The number of hydrogen-bond donors (Lipinski definition) is 2. The molecule has 4 heteroatoms. The van der Waals surface area contributed by atoms with Gasteiger partial charge in [0.1, 0.15) is 5.54 Å². The number of nitrogens with zero attached hydrogens (tertiary/aromatic N) is 1. The van der Waals surface area contributed by atoms with Crippen LogP contribution in [0.5, 0.6) is 0 Å². The van der Waals surface area contributed by atoms with Crippen LogP contribution in [0.1, 0.15) is 37.7 Å². The van der Waals surface area contributed by atoms with Crippen molar-refractivity contribution in [3.8, 4) is 6.07 Å². The van der Waals surface area contributed by atoms with Gasteiger partial charge in [-0.15, -0.1) is 0 Å².